The van der Waals surface area contributed by atoms with E-state index in [9.17, 15) is 9.59 Å². The Kier molecular flexibility index (Phi) is 52.5. The molecule has 5 heteroatoms. The number of unbranched alkanes of at least 4 members (excludes halogenated alkanes) is 17. The van der Waals surface area contributed by atoms with E-state index in [-0.39, 0.29) is 25.2 Å². The Labute approximate surface area is 407 Å². The van der Waals surface area contributed by atoms with Crippen LogP contribution in [0.1, 0.15) is 226 Å². The molecule has 0 saturated heterocycles. The van der Waals surface area contributed by atoms with E-state index in [1.165, 1.54) is 77.0 Å². The van der Waals surface area contributed by atoms with Crippen LogP contribution in [0.3, 0.4) is 0 Å². The van der Waals surface area contributed by atoms with Crippen molar-refractivity contribution < 1.29 is 23.8 Å². The zero-order valence-corrected chi connectivity index (χ0v) is 42.9. The van der Waals surface area contributed by atoms with Crippen molar-refractivity contribution in [2.24, 2.45) is 0 Å². The minimum atomic E-state index is -0.586. The maximum atomic E-state index is 12.8. The number of hydrogen-bond donors (Lipinski definition) is 0. The molecule has 0 saturated carbocycles. The molecule has 0 fully saturated rings. The maximum Gasteiger partial charge on any atom is 0.306 e. The summed E-state index contributed by atoms with van der Waals surface area (Å²) in [6.07, 6.45) is 77.9. The Hall–Kier alpha value is -3.70. The molecule has 374 valence electrons. The number of hydrogen-bond acceptors (Lipinski definition) is 5. The first-order valence-corrected chi connectivity index (χ1v) is 27.1. The molecule has 0 rings (SSSR count). The van der Waals surface area contributed by atoms with Gasteiger partial charge in [-0.3, -0.25) is 9.59 Å². The van der Waals surface area contributed by atoms with Crippen LogP contribution in [0.2, 0.25) is 0 Å². The van der Waals surface area contributed by atoms with Crippen molar-refractivity contribution in [1.29, 1.82) is 0 Å². The fourth-order valence-corrected chi connectivity index (χ4v) is 7.00. The molecule has 0 amide bonds. The normalized spacial score (nSPS) is 13.2. The van der Waals surface area contributed by atoms with Gasteiger partial charge in [0, 0.05) is 19.4 Å². The fourth-order valence-electron chi connectivity index (χ4n) is 7.00. The van der Waals surface area contributed by atoms with Gasteiger partial charge >= 0.3 is 11.9 Å². The van der Waals surface area contributed by atoms with Gasteiger partial charge in [-0.1, -0.05) is 213 Å². The van der Waals surface area contributed by atoms with Gasteiger partial charge in [0.15, 0.2) is 6.10 Å². The minimum absolute atomic E-state index is 0.0340. The van der Waals surface area contributed by atoms with Gasteiger partial charge in [-0.2, -0.15) is 0 Å². The molecule has 0 heterocycles. The summed E-state index contributed by atoms with van der Waals surface area (Å²) in [5.74, 6) is -0.493. The van der Waals surface area contributed by atoms with E-state index in [4.69, 9.17) is 14.2 Å². The zero-order valence-electron chi connectivity index (χ0n) is 42.9. The molecule has 0 spiro atoms. The summed E-state index contributed by atoms with van der Waals surface area (Å²) in [6, 6.07) is 0. The lowest BCUT2D eigenvalue weighted by molar-refractivity contribution is -0.163. The zero-order chi connectivity index (χ0) is 47.7. The molecule has 0 aromatic heterocycles. The van der Waals surface area contributed by atoms with Crippen molar-refractivity contribution in [3.63, 3.8) is 0 Å². The molecule has 0 aliphatic carbocycles. The highest BCUT2D eigenvalue weighted by Crippen LogP contribution is 2.13. The summed E-state index contributed by atoms with van der Waals surface area (Å²) in [5, 5.41) is 0. The third-order valence-corrected chi connectivity index (χ3v) is 11.0. The molecule has 0 aliphatic rings. The molecule has 0 aliphatic heterocycles. The quantitative estimate of drug-likeness (QED) is 0.0346. The average molecular weight is 913 g/mol. The van der Waals surface area contributed by atoms with Crippen LogP contribution >= 0.6 is 0 Å². The van der Waals surface area contributed by atoms with E-state index in [2.05, 4.69) is 142 Å². The second-order valence-corrected chi connectivity index (χ2v) is 17.4. The van der Waals surface area contributed by atoms with E-state index >= 15 is 0 Å². The molecule has 1 atom stereocenters. The first kappa shape index (κ1) is 62.3. The number of ether oxygens (including phenoxy) is 3. The second-order valence-electron chi connectivity index (χ2n) is 17.4. The Balaban J connectivity index is 4.45. The molecule has 66 heavy (non-hydrogen) atoms. The third-order valence-electron chi connectivity index (χ3n) is 11.0. The average Bonchev–Trinajstić information content (AvgIpc) is 3.32. The van der Waals surface area contributed by atoms with Crippen molar-refractivity contribution in [1.82, 2.24) is 0 Å². The summed E-state index contributed by atoms with van der Waals surface area (Å²) in [7, 11) is 0. The first-order valence-electron chi connectivity index (χ1n) is 27.1. The lowest BCUT2D eigenvalue weighted by Crippen LogP contribution is -2.30. The highest BCUT2D eigenvalue weighted by atomic mass is 16.6. The van der Waals surface area contributed by atoms with E-state index in [0.29, 0.717) is 19.4 Å². The summed E-state index contributed by atoms with van der Waals surface area (Å²) < 4.78 is 17.4. The highest BCUT2D eigenvalue weighted by Gasteiger charge is 2.17. The SMILES string of the molecule is CC/C=C\C/C=C\C/C=C\C/C=C\C/C=C\CCCC(=O)OCC(COCCCCC/C=C\C/C=C\C/C=C\C/C=C\CC)OC(=O)CCCCCCCCC/C=C\CCCCCCCC. The summed E-state index contributed by atoms with van der Waals surface area (Å²) in [6.45, 7) is 7.45. The van der Waals surface area contributed by atoms with Crippen molar-refractivity contribution >= 4 is 11.9 Å². The predicted molar refractivity (Wildman–Crippen MR) is 288 cm³/mol. The Morgan fingerprint density at radius 2 is 0.697 bits per heavy atom. The van der Waals surface area contributed by atoms with E-state index in [0.717, 1.165) is 116 Å². The number of carbonyl (C=O) groups excluding carboxylic acids is 2. The highest BCUT2D eigenvalue weighted by molar-refractivity contribution is 5.70. The van der Waals surface area contributed by atoms with Crippen molar-refractivity contribution in [2.75, 3.05) is 19.8 Å². The third kappa shape index (κ3) is 52.9. The van der Waals surface area contributed by atoms with Crippen molar-refractivity contribution in [3.8, 4) is 0 Å². The van der Waals surface area contributed by atoms with Crippen molar-refractivity contribution in [2.45, 2.75) is 232 Å². The number of esters is 2. The fraction of sp³-hybridized carbons (Fsp3) is 0.639. The number of rotatable bonds is 48. The summed E-state index contributed by atoms with van der Waals surface area (Å²) >= 11 is 0. The van der Waals surface area contributed by atoms with Crippen LogP contribution in [0, 0.1) is 0 Å². The van der Waals surface area contributed by atoms with Gasteiger partial charge in [-0.05, 0) is 122 Å². The van der Waals surface area contributed by atoms with Crippen LogP contribution in [0.5, 0.6) is 0 Å². The smallest absolute Gasteiger partial charge is 0.306 e. The standard InChI is InChI=1S/C61H100O5/c1-4-7-10-13-16-19-22-25-28-31-33-36-39-42-45-48-51-54-60(62)65-58-59(57-64-56-53-50-47-44-41-38-35-30-27-24-21-18-15-12-9-6-3)66-61(63)55-52-49-46-43-40-37-34-32-29-26-23-20-17-14-11-8-5-2/h7,9-10,12,16,18-19,21,25-30,33,36,38,41-42,45,59H,4-6,8,11,13-15,17,20,22-24,31-32,34-35,37,39-40,43-44,46-58H2,1-3H3/b10-7-,12-9-,19-16-,21-18-,28-25-,29-26-,30-27-,36-33-,41-38-,45-42-. The molecule has 0 aromatic rings. The second kappa shape index (κ2) is 55.6. The van der Waals surface area contributed by atoms with Crippen molar-refractivity contribution in [3.05, 3.63) is 122 Å². The van der Waals surface area contributed by atoms with Gasteiger partial charge in [0.1, 0.15) is 6.61 Å². The number of carbonyl (C=O) groups is 2. The van der Waals surface area contributed by atoms with E-state index < -0.39 is 6.10 Å². The summed E-state index contributed by atoms with van der Waals surface area (Å²) in [5.41, 5.74) is 0. The molecular weight excluding hydrogens is 813 g/mol. The Morgan fingerprint density at radius 3 is 1.15 bits per heavy atom. The molecule has 0 radical (unpaired) electrons. The van der Waals surface area contributed by atoms with Gasteiger partial charge in [-0.15, -0.1) is 0 Å². The topological polar surface area (TPSA) is 61.8 Å². The lowest BCUT2D eigenvalue weighted by atomic mass is 10.1. The van der Waals surface area contributed by atoms with Gasteiger partial charge < -0.3 is 14.2 Å². The summed E-state index contributed by atoms with van der Waals surface area (Å²) in [4.78, 5) is 25.4. The van der Waals surface area contributed by atoms with Gasteiger partial charge in [0.25, 0.3) is 0 Å². The number of allylic oxidation sites excluding steroid dienone is 20. The predicted octanol–water partition coefficient (Wildman–Crippen LogP) is 18.6. The van der Waals surface area contributed by atoms with Crippen LogP contribution < -0.4 is 0 Å². The molecule has 5 nitrogen and oxygen atoms in total. The van der Waals surface area contributed by atoms with Crippen LogP contribution in [-0.2, 0) is 23.8 Å². The van der Waals surface area contributed by atoms with Crippen LogP contribution in [0.15, 0.2) is 122 Å². The Bertz CT molecular complexity index is 1350. The Morgan fingerprint density at radius 1 is 0.348 bits per heavy atom. The molecule has 0 N–H and O–H groups in total. The molecular formula is C61H100O5. The molecule has 0 aromatic carbocycles. The van der Waals surface area contributed by atoms with Gasteiger partial charge in [0.2, 0.25) is 0 Å². The van der Waals surface area contributed by atoms with E-state index in [1.54, 1.807) is 0 Å². The van der Waals surface area contributed by atoms with Crippen LogP contribution in [0.4, 0.5) is 0 Å². The van der Waals surface area contributed by atoms with Gasteiger partial charge in [-0.25, -0.2) is 0 Å². The van der Waals surface area contributed by atoms with Crippen LogP contribution in [-0.4, -0.2) is 37.9 Å². The lowest BCUT2D eigenvalue weighted by Gasteiger charge is -2.18. The monoisotopic (exact) mass is 913 g/mol. The first-order chi connectivity index (χ1) is 32.6. The minimum Gasteiger partial charge on any atom is -0.462 e. The van der Waals surface area contributed by atoms with E-state index in [1.807, 2.05) is 0 Å². The maximum absolute atomic E-state index is 12.8. The largest absolute Gasteiger partial charge is 0.462 e. The molecule has 0 bridgehead atoms. The van der Waals surface area contributed by atoms with Gasteiger partial charge in [0.05, 0.1) is 6.61 Å². The molecule has 1 unspecified atom stereocenters. The van der Waals surface area contributed by atoms with Crippen LogP contribution in [0.25, 0.3) is 0 Å².